The van der Waals surface area contributed by atoms with E-state index in [2.05, 4.69) is 22.2 Å². The second kappa shape index (κ2) is 5.13. The van der Waals surface area contributed by atoms with Crippen LogP contribution in [0.25, 0.3) is 0 Å². The van der Waals surface area contributed by atoms with Crippen LogP contribution in [-0.2, 0) is 13.6 Å². The molecule has 5 heteroatoms. The summed E-state index contributed by atoms with van der Waals surface area (Å²) in [6, 6.07) is 1.31. The van der Waals surface area contributed by atoms with Gasteiger partial charge < -0.3 is 15.3 Å². The Bertz CT molecular complexity index is 449. The zero-order chi connectivity index (χ0) is 13.4. The maximum Gasteiger partial charge on any atom is 0.131 e. The van der Waals surface area contributed by atoms with Crippen LogP contribution in [0, 0.1) is 6.92 Å². The molecule has 2 aliphatic rings. The van der Waals surface area contributed by atoms with E-state index in [1.165, 1.54) is 37.1 Å². The quantitative estimate of drug-likeness (QED) is 0.769. The molecule has 0 amide bonds. The molecule has 0 bridgehead atoms. The number of aromatic nitrogens is 2. The van der Waals surface area contributed by atoms with Gasteiger partial charge in [0, 0.05) is 37.8 Å². The Morgan fingerprint density at radius 3 is 2.68 bits per heavy atom. The van der Waals surface area contributed by atoms with Gasteiger partial charge in [-0.25, -0.2) is 0 Å². The molecule has 1 aromatic rings. The maximum atomic E-state index is 9.30. The highest BCUT2D eigenvalue weighted by Gasteiger charge is 2.33. The highest BCUT2D eigenvalue weighted by molar-refractivity contribution is 5.52. The van der Waals surface area contributed by atoms with Gasteiger partial charge in [0.15, 0.2) is 0 Å². The molecule has 2 fully saturated rings. The van der Waals surface area contributed by atoms with Crippen LogP contribution in [0.5, 0.6) is 0 Å². The van der Waals surface area contributed by atoms with Gasteiger partial charge in [-0.2, -0.15) is 5.10 Å². The summed E-state index contributed by atoms with van der Waals surface area (Å²) in [5, 5.41) is 17.5. The average molecular weight is 264 g/mol. The molecule has 0 aromatic carbocycles. The molecule has 1 aromatic heterocycles. The minimum Gasteiger partial charge on any atom is -0.395 e. The molecule has 1 heterocycles. The zero-order valence-corrected chi connectivity index (χ0v) is 11.9. The summed E-state index contributed by atoms with van der Waals surface area (Å²) >= 11 is 0. The highest BCUT2D eigenvalue weighted by Crippen LogP contribution is 2.34. The van der Waals surface area contributed by atoms with Crippen LogP contribution in [0.15, 0.2) is 0 Å². The van der Waals surface area contributed by atoms with E-state index >= 15 is 0 Å². The normalized spacial score (nSPS) is 18.9. The topological polar surface area (TPSA) is 53.3 Å². The summed E-state index contributed by atoms with van der Waals surface area (Å²) < 4.78 is 1.98. The van der Waals surface area contributed by atoms with E-state index in [9.17, 15) is 5.11 Å². The minimum absolute atomic E-state index is 0.205. The van der Waals surface area contributed by atoms with Crippen molar-refractivity contribution in [3.63, 3.8) is 0 Å². The van der Waals surface area contributed by atoms with Crippen LogP contribution >= 0.6 is 0 Å². The Morgan fingerprint density at radius 1 is 1.37 bits per heavy atom. The Balaban J connectivity index is 1.83. The standard InChI is InChI=1S/C14H24N4O/c1-10-13(9-15-11-3-4-11)14(17(2)16-10)18(7-8-19)12-5-6-12/h11-12,15,19H,3-9H2,1-2H3. The fourth-order valence-corrected chi connectivity index (χ4v) is 2.75. The minimum atomic E-state index is 0.205. The zero-order valence-electron chi connectivity index (χ0n) is 11.9. The number of hydrogen-bond acceptors (Lipinski definition) is 4. The number of nitrogens with zero attached hydrogens (tertiary/aromatic N) is 3. The van der Waals surface area contributed by atoms with Crippen molar-refractivity contribution < 1.29 is 5.11 Å². The Hall–Kier alpha value is -1.07. The second-order valence-corrected chi connectivity index (χ2v) is 5.81. The summed E-state index contributed by atoms with van der Waals surface area (Å²) in [5.41, 5.74) is 2.41. The largest absolute Gasteiger partial charge is 0.395 e. The predicted octanol–water partition coefficient (Wildman–Crippen LogP) is 0.942. The number of hydrogen-bond donors (Lipinski definition) is 2. The molecule has 106 valence electrons. The molecule has 0 spiro atoms. The molecular formula is C14H24N4O. The summed E-state index contributed by atoms with van der Waals surface area (Å²) in [6.45, 7) is 3.89. The first-order valence-corrected chi connectivity index (χ1v) is 7.34. The lowest BCUT2D eigenvalue weighted by molar-refractivity contribution is 0.300. The van der Waals surface area contributed by atoms with Crippen molar-refractivity contribution in [1.29, 1.82) is 0 Å². The van der Waals surface area contributed by atoms with Gasteiger partial charge in [-0.05, 0) is 32.6 Å². The summed E-state index contributed by atoms with van der Waals surface area (Å²) in [4.78, 5) is 2.34. The second-order valence-electron chi connectivity index (χ2n) is 5.81. The molecule has 0 aliphatic heterocycles. The average Bonchev–Trinajstić information content (AvgIpc) is 3.25. The molecule has 0 saturated heterocycles. The van der Waals surface area contributed by atoms with Gasteiger partial charge in [-0.3, -0.25) is 4.68 Å². The van der Waals surface area contributed by atoms with Crippen molar-refractivity contribution in [2.45, 2.75) is 51.2 Å². The van der Waals surface area contributed by atoms with Gasteiger partial charge in [0.1, 0.15) is 5.82 Å². The first-order valence-electron chi connectivity index (χ1n) is 7.34. The van der Waals surface area contributed by atoms with Crippen molar-refractivity contribution in [2.24, 2.45) is 7.05 Å². The van der Waals surface area contributed by atoms with Crippen LogP contribution in [0.2, 0.25) is 0 Å². The van der Waals surface area contributed by atoms with Crippen LogP contribution in [0.4, 0.5) is 5.82 Å². The molecule has 0 unspecified atom stereocenters. The number of aryl methyl sites for hydroxylation is 2. The van der Waals surface area contributed by atoms with Crippen LogP contribution in [-0.4, -0.2) is 40.1 Å². The monoisotopic (exact) mass is 264 g/mol. The number of aliphatic hydroxyl groups is 1. The van der Waals surface area contributed by atoms with Gasteiger partial charge in [0.25, 0.3) is 0 Å². The van der Waals surface area contributed by atoms with Crippen molar-refractivity contribution in [1.82, 2.24) is 15.1 Å². The van der Waals surface area contributed by atoms with Crippen molar-refractivity contribution in [3.8, 4) is 0 Å². The van der Waals surface area contributed by atoms with E-state index < -0.39 is 0 Å². The molecule has 2 saturated carbocycles. The van der Waals surface area contributed by atoms with E-state index in [1.54, 1.807) is 0 Å². The lowest BCUT2D eigenvalue weighted by Gasteiger charge is -2.25. The molecule has 0 radical (unpaired) electrons. The summed E-state index contributed by atoms with van der Waals surface area (Å²) in [7, 11) is 2.01. The summed E-state index contributed by atoms with van der Waals surface area (Å²) in [6.07, 6.45) is 5.08. The maximum absolute atomic E-state index is 9.30. The number of aliphatic hydroxyl groups excluding tert-OH is 1. The highest BCUT2D eigenvalue weighted by atomic mass is 16.3. The first kappa shape index (κ1) is 12.9. The Labute approximate surface area is 114 Å². The molecular weight excluding hydrogens is 240 g/mol. The number of nitrogens with one attached hydrogen (secondary N) is 1. The SMILES string of the molecule is Cc1nn(C)c(N(CCO)C2CC2)c1CNC1CC1. The van der Waals surface area contributed by atoms with Crippen molar-refractivity contribution >= 4 is 5.82 Å². The molecule has 0 atom stereocenters. The van der Waals surface area contributed by atoms with E-state index in [1.807, 2.05) is 11.7 Å². The fourth-order valence-electron chi connectivity index (χ4n) is 2.75. The predicted molar refractivity (Wildman–Crippen MR) is 75.3 cm³/mol. The lowest BCUT2D eigenvalue weighted by Crippen LogP contribution is -2.32. The fraction of sp³-hybridized carbons (Fsp3) is 0.786. The van der Waals surface area contributed by atoms with Gasteiger partial charge in [0.05, 0.1) is 12.3 Å². The molecule has 2 aliphatic carbocycles. The van der Waals surface area contributed by atoms with Crippen LogP contribution in [0.3, 0.4) is 0 Å². The van der Waals surface area contributed by atoms with Gasteiger partial charge in [0.2, 0.25) is 0 Å². The third kappa shape index (κ3) is 2.77. The van der Waals surface area contributed by atoms with Gasteiger partial charge >= 0.3 is 0 Å². The van der Waals surface area contributed by atoms with E-state index in [4.69, 9.17) is 0 Å². The number of anilines is 1. The van der Waals surface area contributed by atoms with Gasteiger partial charge in [-0.1, -0.05) is 0 Å². The third-order valence-corrected chi connectivity index (χ3v) is 4.06. The summed E-state index contributed by atoms with van der Waals surface area (Å²) in [5.74, 6) is 1.20. The third-order valence-electron chi connectivity index (χ3n) is 4.06. The number of rotatable bonds is 7. The molecule has 2 N–H and O–H groups in total. The first-order chi connectivity index (χ1) is 9.20. The smallest absolute Gasteiger partial charge is 0.131 e. The Kier molecular flexibility index (Phi) is 3.50. The van der Waals surface area contributed by atoms with E-state index in [0.29, 0.717) is 18.6 Å². The Morgan fingerprint density at radius 2 is 2.11 bits per heavy atom. The molecule has 19 heavy (non-hydrogen) atoms. The van der Waals surface area contributed by atoms with Crippen LogP contribution < -0.4 is 10.2 Å². The van der Waals surface area contributed by atoms with E-state index in [0.717, 1.165) is 12.2 Å². The van der Waals surface area contributed by atoms with E-state index in [-0.39, 0.29) is 6.61 Å². The van der Waals surface area contributed by atoms with Crippen molar-refractivity contribution in [2.75, 3.05) is 18.1 Å². The molecule has 5 nitrogen and oxygen atoms in total. The van der Waals surface area contributed by atoms with Crippen molar-refractivity contribution in [3.05, 3.63) is 11.3 Å². The molecule has 3 rings (SSSR count). The lowest BCUT2D eigenvalue weighted by atomic mass is 10.2. The van der Waals surface area contributed by atoms with Gasteiger partial charge in [-0.15, -0.1) is 0 Å². The van der Waals surface area contributed by atoms with Crippen LogP contribution in [0.1, 0.15) is 36.9 Å².